The molecule has 30 heavy (non-hydrogen) atoms. The number of carbonyl (C=O) groups excluding carboxylic acids is 1. The molecule has 7 heteroatoms. The zero-order valence-corrected chi connectivity index (χ0v) is 18.9. The van der Waals surface area contributed by atoms with Gasteiger partial charge in [0.1, 0.15) is 11.3 Å². The Morgan fingerprint density at radius 3 is 2.70 bits per heavy atom. The van der Waals surface area contributed by atoms with Gasteiger partial charge in [0, 0.05) is 11.4 Å². The first-order valence-electron chi connectivity index (χ1n) is 10.1. The maximum absolute atomic E-state index is 11.8. The first-order valence-corrected chi connectivity index (χ1v) is 10.4. The molecular formula is C23H28ClN3O3. The average molecular weight is 430 g/mol. The predicted molar refractivity (Wildman–Crippen MR) is 116 cm³/mol. The maximum atomic E-state index is 11.8. The third kappa shape index (κ3) is 5.37. The summed E-state index contributed by atoms with van der Waals surface area (Å²) in [6.45, 7) is 9.96. The monoisotopic (exact) mass is 429 g/mol. The predicted octanol–water partition coefficient (Wildman–Crippen LogP) is 5.32. The van der Waals surface area contributed by atoms with Crippen LogP contribution in [0, 0.1) is 5.92 Å². The van der Waals surface area contributed by atoms with Crippen LogP contribution in [0.2, 0.25) is 5.02 Å². The van der Waals surface area contributed by atoms with E-state index < -0.39 is 5.60 Å². The van der Waals surface area contributed by atoms with Gasteiger partial charge in [0.25, 0.3) is 0 Å². The van der Waals surface area contributed by atoms with E-state index in [1.807, 2.05) is 35.0 Å². The molecule has 0 atom stereocenters. The molecule has 2 heterocycles. The quantitative estimate of drug-likeness (QED) is 0.460. The third-order valence-electron chi connectivity index (χ3n) is 4.93. The molecule has 0 saturated heterocycles. The lowest BCUT2D eigenvalue weighted by Crippen LogP contribution is -2.32. The van der Waals surface area contributed by atoms with Gasteiger partial charge >= 0.3 is 0 Å². The SMILES string of the molecule is CC(=O)C(C)(C)OCc1cc(-c2cnc(CC(C)C)o2)n(Cc2ccccc2Cl)n1. The zero-order chi connectivity index (χ0) is 21.9. The Bertz CT molecular complexity index is 1020. The summed E-state index contributed by atoms with van der Waals surface area (Å²) in [4.78, 5) is 16.2. The number of hydrogen-bond donors (Lipinski definition) is 0. The van der Waals surface area contributed by atoms with Crippen LogP contribution in [0.5, 0.6) is 0 Å². The fourth-order valence-electron chi connectivity index (χ4n) is 2.88. The highest BCUT2D eigenvalue weighted by atomic mass is 35.5. The van der Waals surface area contributed by atoms with Gasteiger partial charge in [0.15, 0.2) is 17.4 Å². The number of benzene rings is 1. The zero-order valence-electron chi connectivity index (χ0n) is 18.1. The van der Waals surface area contributed by atoms with E-state index >= 15 is 0 Å². The number of ether oxygens (including phenoxy) is 1. The highest BCUT2D eigenvalue weighted by Crippen LogP contribution is 2.26. The summed E-state index contributed by atoms with van der Waals surface area (Å²) in [5.74, 6) is 1.75. The summed E-state index contributed by atoms with van der Waals surface area (Å²) >= 11 is 6.36. The van der Waals surface area contributed by atoms with Gasteiger partial charge in [-0.2, -0.15) is 5.10 Å². The molecule has 1 aromatic carbocycles. The summed E-state index contributed by atoms with van der Waals surface area (Å²) in [7, 11) is 0. The highest BCUT2D eigenvalue weighted by Gasteiger charge is 2.25. The third-order valence-corrected chi connectivity index (χ3v) is 5.29. The van der Waals surface area contributed by atoms with Gasteiger partial charge < -0.3 is 9.15 Å². The van der Waals surface area contributed by atoms with Crippen molar-refractivity contribution in [1.82, 2.24) is 14.8 Å². The molecule has 0 unspecified atom stereocenters. The molecule has 6 nitrogen and oxygen atoms in total. The van der Waals surface area contributed by atoms with Crippen LogP contribution in [0.1, 0.15) is 51.8 Å². The van der Waals surface area contributed by atoms with Crippen LogP contribution < -0.4 is 0 Å². The van der Waals surface area contributed by atoms with Crippen molar-refractivity contribution in [3.63, 3.8) is 0 Å². The summed E-state index contributed by atoms with van der Waals surface area (Å²) in [6.07, 6.45) is 2.49. The standard InChI is InChI=1S/C23H28ClN3O3/c1-15(2)10-22-25-12-21(30-22)20-11-18(14-29-23(4,5)16(3)28)26-27(20)13-17-8-6-7-9-19(17)24/h6-9,11-12,15H,10,13-14H2,1-5H3. The number of halogens is 1. The van der Waals surface area contributed by atoms with Crippen molar-refractivity contribution in [1.29, 1.82) is 0 Å². The molecule has 0 amide bonds. The summed E-state index contributed by atoms with van der Waals surface area (Å²) in [5.41, 5.74) is 1.57. The fourth-order valence-corrected chi connectivity index (χ4v) is 3.07. The molecule has 2 aromatic heterocycles. The lowest BCUT2D eigenvalue weighted by atomic mass is 10.1. The van der Waals surface area contributed by atoms with E-state index in [1.165, 1.54) is 6.92 Å². The molecule has 0 bridgehead atoms. The van der Waals surface area contributed by atoms with Crippen LogP contribution in [0.25, 0.3) is 11.5 Å². The van der Waals surface area contributed by atoms with E-state index in [0.29, 0.717) is 34.8 Å². The van der Waals surface area contributed by atoms with Gasteiger partial charge in [-0.1, -0.05) is 43.6 Å². The minimum atomic E-state index is -0.872. The Balaban J connectivity index is 1.92. The number of rotatable bonds is 9. The molecule has 0 aliphatic rings. The minimum absolute atomic E-state index is 0.0354. The smallest absolute Gasteiger partial charge is 0.195 e. The number of carbonyl (C=O) groups is 1. The number of nitrogens with zero attached hydrogens (tertiary/aromatic N) is 3. The molecule has 0 spiro atoms. The minimum Gasteiger partial charge on any atom is -0.439 e. The van der Waals surface area contributed by atoms with Crippen LogP contribution >= 0.6 is 11.6 Å². The van der Waals surface area contributed by atoms with Gasteiger partial charge in [-0.25, -0.2) is 4.98 Å². The molecule has 0 aliphatic heterocycles. The number of aromatic nitrogens is 3. The Kier molecular flexibility index (Phi) is 6.78. The second-order valence-electron chi connectivity index (χ2n) is 8.34. The van der Waals surface area contributed by atoms with E-state index in [4.69, 9.17) is 20.8 Å². The topological polar surface area (TPSA) is 70.2 Å². The van der Waals surface area contributed by atoms with E-state index in [9.17, 15) is 4.79 Å². The summed E-state index contributed by atoms with van der Waals surface area (Å²) in [6, 6.07) is 9.57. The van der Waals surface area contributed by atoms with Crippen LogP contribution in [0.15, 0.2) is 40.9 Å². The molecule has 0 saturated carbocycles. The molecule has 0 aliphatic carbocycles. The lowest BCUT2D eigenvalue weighted by molar-refractivity contribution is -0.139. The first-order chi connectivity index (χ1) is 14.2. The van der Waals surface area contributed by atoms with Gasteiger partial charge in [0.05, 0.1) is 25.0 Å². The molecule has 0 N–H and O–H groups in total. The molecule has 3 rings (SSSR count). The summed E-state index contributed by atoms with van der Waals surface area (Å²) in [5, 5.41) is 5.36. The van der Waals surface area contributed by atoms with E-state index in [2.05, 4.69) is 23.9 Å². The van der Waals surface area contributed by atoms with Gasteiger partial charge in [0.2, 0.25) is 0 Å². The lowest BCUT2D eigenvalue weighted by Gasteiger charge is -2.21. The van der Waals surface area contributed by atoms with Crippen molar-refractivity contribution in [2.45, 2.75) is 59.8 Å². The van der Waals surface area contributed by atoms with Gasteiger partial charge in [-0.15, -0.1) is 0 Å². The van der Waals surface area contributed by atoms with E-state index in [-0.39, 0.29) is 12.4 Å². The Labute approximate surface area is 182 Å². The normalized spacial score (nSPS) is 12.0. The van der Waals surface area contributed by atoms with E-state index in [1.54, 1.807) is 20.0 Å². The maximum Gasteiger partial charge on any atom is 0.195 e. The Morgan fingerprint density at radius 1 is 1.30 bits per heavy atom. The van der Waals surface area contributed by atoms with Crippen molar-refractivity contribution in [2.75, 3.05) is 0 Å². The second-order valence-corrected chi connectivity index (χ2v) is 8.75. The van der Waals surface area contributed by atoms with Crippen molar-refractivity contribution in [3.8, 4) is 11.5 Å². The van der Waals surface area contributed by atoms with Crippen molar-refractivity contribution in [3.05, 3.63) is 58.7 Å². The van der Waals surface area contributed by atoms with Crippen LogP contribution in [0.3, 0.4) is 0 Å². The van der Waals surface area contributed by atoms with Gasteiger partial charge in [-0.3, -0.25) is 9.48 Å². The van der Waals surface area contributed by atoms with Crippen molar-refractivity contribution < 1.29 is 13.9 Å². The molecule has 3 aromatic rings. The largest absolute Gasteiger partial charge is 0.439 e. The second kappa shape index (κ2) is 9.14. The van der Waals surface area contributed by atoms with E-state index in [0.717, 1.165) is 17.7 Å². The molecule has 0 fully saturated rings. The fraction of sp³-hybridized carbons (Fsp3) is 0.435. The number of Topliss-reactive ketones (excluding diaryl/α,β-unsaturated/α-hetero) is 1. The highest BCUT2D eigenvalue weighted by molar-refractivity contribution is 6.31. The molecule has 160 valence electrons. The number of oxazole rings is 1. The number of hydrogen-bond acceptors (Lipinski definition) is 5. The number of ketones is 1. The summed E-state index contributed by atoms with van der Waals surface area (Å²) < 4.78 is 13.6. The first kappa shape index (κ1) is 22.2. The Hall–Kier alpha value is -2.44. The molecule has 0 radical (unpaired) electrons. The van der Waals surface area contributed by atoms with Crippen LogP contribution in [0.4, 0.5) is 0 Å². The average Bonchev–Trinajstić information content (AvgIpc) is 3.28. The Morgan fingerprint density at radius 2 is 2.03 bits per heavy atom. The van der Waals surface area contributed by atoms with Gasteiger partial charge in [-0.05, 0) is 44.4 Å². The van der Waals surface area contributed by atoms with Crippen molar-refractivity contribution in [2.24, 2.45) is 5.92 Å². The van der Waals surface area contributed by atoms with Crippen LogP contribution in [-0.4, -0.2) is 26.1 Å². The molecular weight excluding hydrogens is 402 g/mol. The van der Waals surface area contributed by atoms with Crippen LogP contribution in [-0.2, 0) is 29.1 Å². The van der Waals surface area contributed by atoms with Crippen molar-refractivity contribution >= 4 is 17.4 Å².